The summed E-state index contributed by atoms with van der Waals surface area (Å²) in [6, 6.07) is 2.76. The number of amides is 1. The molecule has 4 nitrogen and oxygen atoms in total. The lowest BCUT2D eigenvalue weighted by molar-refractivity contribution is -0.145. The molecule has 1 atom stereocenters. The van der Waals surface area contributed by atoms with Gasteiger partial charge in [-0.2, -0.15) is 0 Å². The maximum absolute atomic E-state index is 13.0. The largest absolute Gasteiger partial charge is 0.467 e. The van der Waals surface area contributed by atoms with Gasteiger partial charge in [-0.3, -0.25) is 4.79 Å². The zero-order valence-electron chi connectivity index (χ0n) is 9.29. The first kappa shape index (κ1) is 13.4. The Hall–Kier alpha value is -1.62. The van der Waals surface area contributed by atoms with Crippen molar-refractivity contribution in [1.82, 2.24) is 5.32 Å². The summed E-state index contributed by atoms with van der Waals surface area (Å²) in [7, 11) is 1.20. The van der Waals surface area contributed by atoms with E-state index in [0.29, 0.717) is 5.56 Å². The number of hydrogen-bond donors (Lipinski definition) is 1. The molecule has 0 saturated heterocycles. The Balaban J connectivity index is 3.07. The number of methoxy groups -OCH3 is 1. The molecule has 1 aromatic carbocycles. The molecule has 17 heavy (non-hydrogen) atoms. The van der Waals surface area contributed by atoms with E-state index in [4.69, 9.17) is 11.6 Å². The van der Waals surface area contributed by atoms with Crippen LogP contribution in [0.15, 0.2) is 18.2 Å². The van der Waals surface area contributed by atoms with E-state index in [1.54, 1.807) is 0 Å². The van der Waals surface area contributed by atoms with E-state index in [2.05, 4.69) is 10.1 Å². The van der Waals surface area contributed by atoms with Gasteiger partial charge in [-0.05, 0) is 17.7 Å². The van der Waals surface area contributed by atoms with E-state index in [9.17, 15) is 14.0 Å². The number of esters is 1. The molecule has 0 spiro atoms. The van der Waals surface area contributed by atoms with Crippen molar-refractivity contribution in [2.45, 2.75) is 13.0 Å². The van der Waals surface area contributed by atoms with E-state index in [0.717, 1.165) is 6.07 Å². The lowest BCUT2D eigenvalue weighted by Crippen LogP contribution is -2.32. The summed E-state index contributed by atoms with van der Waals surface area (Å²) < 4.78 is 17.5. The third-order valence-electron chi connectivity index (χ3n) is 2.06. The number of ether oxygens (including phenoxy) is 1. The molecular formula is C11H11ClFNO3. The van der Waals surface area contributed by atoms with Crippen LogP contribution in [0.5, 0.6) is 0 Å². The highest BCUT2D eigenvalue weighted by Gasteiger charge is 2.22. The third-order valence-corrected chi connectivity index (χ3v) is 2.35. The summed E-state index contributed by atoms with van der Waals surface area (Å²) in [5.41, 5.74) is 0.360. The van der Waals surface area contributed by atoms with E-state index >= 15 is 0 Å². The summed E-state index contributed by atoms with van der Waals surface area (Å²) >= 11 is 5.60. The van der Waals surface area contributed by atoms with E-state index in [-0.39, 0.29) is 5.02 Å². The first-order valence-corrected chi connectivity index (χ1v) is 5.13. The number of hydrogen-bond acceptors (Lipinski definition) is 3. The van der Waals surface area contributed by atoms with Gasteiger partial charge < -0.3 is 10.1 Å². The Kier molecular flexibility index (Phi) is 4.45. The average molecular weight is 260 g/mol. The zero-order chi connectivity index (χ0) is 13.0. The lowest BCUT2D eigenvalue weighted by atomic mass is 10.1. The second kappa shape index (κ2) is 5.63. The number of benzene rings is 1. The maximum Gasteiger partial charge on any atom is 0.333 e. The van der Waals surface area contributed by atoms with Crippen molar-refractivity contribution < 1.29 is 18.7 Å². The van der Waals surface area contributed by atoms with Crippen LogP contribution in [0.25, 0.3) is 0 Å². The molecule has 0 radical (unpaired) electrons. The Bertz CT molecular complexity index is 450. The van der Waals surface area contributed by atoms with Crippen molar-refractivity contribution in [2.24, 2.45) is 0 Å². The van der Waals surface area contributed by atoms with Gasteiger partial charge in [0.25, 0.3) is 0 Å². The van der Waals surface area contributed by atoms with Crippen molar-refractivity contribution in [3.63, 3.8) is 0 Å². The Labute approximate surface area is 103 Å². The first-order valence-electron chi connectivity index (χ1n) is 4.75. The molecule has 92 valence electrons. The quantitative estimate of drug-likeness (QED) is 0.843. The van der Waals surface area contributed by atoms with Gasteiger partial charge >= 0.3 is 5.97 Å². The smallest absolute Gasteiger partial charge is 0.333 e. The molecule has 1 aromatic rings. The van der Waals surface area contributed by atoms with Crippen LogP contribution in [-0.2, 0) is 14.3 Å². The van der Waals surface area contributed by atoms with Gasteiger partial charge in [0.2, 0.25) is 5.91 Å². The van der Waals surface area contributed by atoms with Gasteiger partial charge in [-0.25, -0.2) is 9.18 Å². The minimum Gasteiger partial charge on any atom is -0.467 e. The van der Waals surface area contributed by atoms with E-state index in [1.807, 2.05) is 0 Å². The molecule has 0 aromatic heterocycles. The van der Waals surface area contributed by atoms with Gasteiger partial charge in [-0.1, -0.05) is 17.7 Å². The molecular weight excluding hydrogens is 249 g/mol. The highest BCUT2D eigenvalue weighted by atomic mass is 35.5. The molecule has 1 N–H and O–H groups in total. The topological polar surface area (TPSA) is 55.4 Å². The fourth-order valence-corrected chi connectivity index (χ4v) is 1.48. The van der Waals surface area contributed by atoms with E-state index in [1.165, 1.54) is 26.2 Å². The molecule has 6 heteroatoms. The predicted molar refractivity (Wildman–Crippen MR) is 60.0 cm³/mol. The molecule has 0 aliphatic heterocycles. The summed E-state index contributed by atoms with van der Waals surface area (Å²) in [6.45, 7) is 1.26. The minimum atomic E-state index is -0.990. The maximum atomic E-state index is 13.0. The summed E-state index contributed by atoms with van der Waals surface area (Å²) in [5, 5.41) is 2.28. The molecule has 0 heterocycles. The number of nitrogens with one attached hydrogen (secondary N) is 1. The fraction of sp³-hybridized carbons (Fsp3) is 0.273. The van der Waals surface area contributed by atoms with Crippen molar-refractivity contribution in [1.29, 1.82) is 0 Å². The molecule has 1 unspecified atom stereocenters. The van der Waals surface area contributed by atoms with Gasteiger partial charge in [0, 0.05) is 6.92 Å². The van der Waals surface area contributed by atoms with Gasteiger partial charge in [-0.15, -0.1) is 0 Å². The summed E-state index contributed by atoms with van der Waals surface area (Å²) in [5.74, 6) is -1.65. The van der Waals surface area contributed by atoms with Crippen LogP contribution < -0.4 is 5.32 Å². The Morgan fingerprint density at radius 2 is 2.12 bits per heavy atom. The van der Waals surface area contributed by atoms with Gasteiger partial charge in [0.05, 0.1) is 12.1 Å². The highest BCUT2D eigenvalue weighted by molar-refractivity contribution is 6.30. The van der Waals surface area contributed by atoms with Crippen LogP contribution in [0.3, 0.4) is 0 Å². The van der Waals surface area contributed by atoms with Crippen molar-refractivity contribution in [3.8, 4) is 0 Å². The van der Waals surface area contributed by atoms with Gasteiger partial charge in [0.15, 0.2) is 6.04 Å². The molecule has 0 saturated carbocycles. The Morgan fingerprint density at radius 3 is 2.59 bits per heavy atom. The fourth-order valence-electron chi connectivity index (χ4n) is 1.29. The lowest BCUT2D eigenvalue weighted by Gasteiger charge is -2.16. The molecule has 0 fully saturated rings. The number of rotatable bonds is 3. The van der Waals surface area contributed by atoms with Crippen molar-refractivity contribution >= 4 is 23.5 Å². The highest BCUT2D eigenvalue weighted by Crippen LogP contribution is 2.21. The normalized spacial score (nSPS) is 11.8. The van der Waals surface area contributed by atoms with Crippen LogP contribution in [-0.4, -0.2) is 19.0 Å². The Morgan fingerprint density at radius 1 is 1.47 bits per heavy atom. The molecule has 0 aliphatic rings. The van der Waals surface area contributed by atoms with Crippen LogP contribution in [0.2, 0.25) is 5.02 Å². The molecule has 0 bridgehead atoms. The standard InChI is InChI=1S/C11H11ClFNO3/c1-6(15)14-10(11(16)17-2)7-3-4-9(13)8(12)5-7/h3-5,10H,1-2H3,(H,14,15). The number of carbonyl (C=O) groups excluding carboxylic acids is 2. The van der Waals surface area contributed by atoms with Crippen LogP contribution in [0, 0.1) is 5.82 Å². The van der Waals surface area contributed by atoms with Gasteiger partial charge in [0.1, 0.15) is 5.82 Å². The molecule has 1 rings (SSSR count). The molecule has 0 aliphatic carbocycles. The van der Waals surface area contributed by atoms with Crippen LogP contribution in [0.4, 0.5) is 4.39 Å². The van der Waals surface area contributed by atoms with Crippen molar-refractivity contribution in [3.05, 3.63) is 34.6 Å². The van der Waals surface area contributed by atoms with E-state index < -0.39 is 23.7 Å². The second-order valence-corrected chi connectivity index (χ2v) is 3.74. The predicted octanol–water partition coefficient (Wildman–Crippen LogP) is 1.83. The van der Waals surface area contributed by atoms with Crippen molar-refractivity contribution in [2.75, 3.05) is 7.11 Å². The summed E-state index contributed by atoms with van der Waals surface area (Å²) in [4.78, 5) is 22.4. The SMILES string of the molecule is COC(=O)C(NC(C)=O)c1ccc(F)c(Cl)c1. The first-order chi connectivity index (χ1) is 7.95. The van der Waals surface area contributed by atoms with Crippen LogP contribution >= 0.6 is 11.6 Å². The monoisotopic (exact) mass is 259 g/mol. The molecule has 1 amide bonds. The zero-order valence-corrected chi connectivity index (χ0v) is 10.0. The summed E-state index contributed by atoms with van der Waals surface area (Å²) in [6.07, 6.45) is 0. The third kappa shape index (κ3) is 3.42. The second-order valence-electron chi connectivity index (χ2n) is 3.33. The minimum absolute atomic E-state index is 0.123. The number of carbonyl (C=O) groups is 2. The van der Waals surface area contributed by atoms with Crippen LogP contribution in [0.1, 0.15) is 18.5 Å². The average Bonchev–Trinajstić information content (AvgIpc) is 2.28. The number of halogens is 2.